The maximum absolute atomic E-state index is 12.2. The molecule has 4 atom stereocenters. The van der Waals surface area contributed by atoms with Gasteiger partial charge in [0.1, 0.15) is 5.60 Å². The highest BCUT2D eigenvalue weighted by Crippen LogP contribution is 2.50. The Morgan fingerprint density at radius 1 is 1.45 bits per heavy atom. The van der Waals surface area contributed by atoms with Crippen molar-refractivity contribution in [3.63, 3.8) is 0 Å². The van der Waals surface area contributed by atoms with Crippen LogP contribution in [-0.4, -0.2) is 34.0 Å². The van der Waals surface area contributed by atoms with Crippen LogP contribution in [-0.2, 0) is 9.53 Å². The topological polar surface area (TPSA) is 66.8 Å². The number of aliphatic hydroxyl groups is 2. The molecule has 2 N–H and O–H groups in total. The lowest BCUT2D eigenvalue weighted by Crippen LogP contribution is -2.53. The van der Waals surface area contributed by atoms with Crippen molar-refractivity contribution in [2.24, 2.45) is 11.8 Å². The van der Waals surface area contributed by atoms with E-state index < -0.39 is 11.2 Å². The predicted octanol–water partition coefficient (Wildman–Crippen LogP) is 2.41. The van der Waals surface area contributed by atoms with Crippen molar-refractivity contribution in [1.82, 2.24) is 0 Å². The van der Waals surface area contributed by atoms with E-state index in [1.165, 1.54) is 0 Å². The Morgan fingerprint density at radius 3 is 2.85 bits per heavy atom. The van der Waals surface area contributed by atoms with Gasteiger partial charge >= 0.3 is 5.97 Å². The van der Waals surface area contributed by atoms with Crippen molar-refractivity contribution in [2.75, 3.05) is 6.61 Å². The van der Waals surface area contributed by atoms with Crippen molar-refractivity contribution in [3.8, 4) is 0 Å². The van der Waals surface area contributed by atoms with Gasteiger partial charge in [-0.1, -0.05) is 20.3 Å². The first kappa shape index (κ1) is 15.8. The Balaban J connectivity index is 2.12. The highest BCUT2D eigenvalue weighted by Gasteiger charge is 2.51. The molecule has 0 heterocycles. The van der Waals surface area contributed by atoms with Crippen LogP contribution in [0.4, 0.5) is 0 Å². The van der Waals surface area contributed by atoms with E-state index in [0.717, 1.165) is 38.5 Å². The van der Waals surface area contributed by atoms with Crippen LogP contribution in [0.3, 0.4) is 0 Å². The summed E-state index contributed by atoms with van der Waals surface area (Å²) in [7, 11) is 0. The Morgan fingerprint density at radius 2 is 2.20 bits per heavy atom. The Hall–Kier alpha value is -0.610. The van der Waals surface area contributed by atoms with E-state index in [1.807, 2.05) is 13.8 Å². The second kappa shape index (κ2) is 6.02. The molecule has 2 rings (SSSR count). The van der Waals surface area contributed by atoms with Crippen LogP contribution in [0.5, 0.6) is 0 Å². The van der Waals surface area contributed by atoms with Crippen molar-refractivity contribution in [3.05, 3.63) is 0 Å². The minimum atomic E-state index is -0.867. The van der Waals surface area contributed by atoms with Crippen LogP contribution in [0.1, 0.15) is 65.2 Å². The third-order valence-electron chi connectivity index (χ3n) is 5.13. The Bertz CT molecular complexity index is 356. The van der Waals surface area contributed by atoms with Gasteiger partial charge in [-0.3, -0.25) is 4.79 Å². The molecular weight excluding hydrogens is 256 g/mol. The first-order valence-corrected chi connectivity index (χ1v) is 7.98. The summed E-state index contributed by atoms with van der Waals surface area (Å²) in [6, 6.07) is 0. The van der Waals surface area contributed by atoms with Crippen LogP contribution >= 0.6 is 0 Å². The molecule has 0 spiro atoms. The molecule has 0 aromatic heterocycles. The number of hydrogen-bond donors (Lipinski definition) is 2. The number of rotatable bonds is 5. The number of aliphatic hydroxyl groups excluding tert-OH is 1. The SMILES string of the molecule is CCC(C)C(=O)OC12CCCC(CC(O)(CCO)C1)C2. The van der Waals surface area contributed by atoms with Gasteiger partial charge in [-0.25, -0.2) is 0 Å². The van der Waals surface area contributed by atoms with Crippen LogP contribution in [0, 0.1) is 11.8 Å². The maximum Gasteiger partial charge on any atom is 0.309 e. The first-order valence-electron chi connectivity index (χ1n) is 7.98. The van der Waals surface area contributed by atoms with E-state index in [0.29, 0.717) is 18.8 Å². The zero-order chi connectivity index (χ0) is 14.8. The number of carbonyl (C=O) groups excluding carboxylic acids is 1. The molecule has 0 aromatic carbocycles. The molecule has 0 radical (unpaired) electrons. The number of carbonyl (C=O) groups is 1. The van der Waals surface area contributed by atoms with Gasteiger partial charge in [-0.15, -0.1) is 0 Å². The monoisotopic (exact) mass is 284 g/mol. The fraction of sp³-hybridized carbons (Fsp3) is 0.938. The molecule has 2 aliphatic rings. The van der Waals surface area contributed by atoms with Gasteiger partial charge in [0.2, 0.25) is 0 Å². The lowest BCUT2D eigenvalue weighted by Gasteiger charge is -2.51. The van der Waals surface area contributed by atoms with Crippen LogP contribution < -0.4 is 0 Å². The van der Waals surface area contributed by atoms with Crippen molar-refractivity contribution in [2.45, 2.75) is 76.4 Å². The van der Waals surface area contributed by atoms with Crippen molar-refractivity contribution in [1.29, 1.82) is 0 Å². The predicted molar refractivity (Wildman–Crippen MR) is 76.1 cm³/mol. The van der Waals surface area contributed by atoms with E-state index in [1.54, 1.807) is 0 Å². The third kappa shape index (κ3) is 3.34. The van der Waals surface area contributed by atoms with Gasteiger partial charge in [0.25, 0.3) is 0 Å². The summed E-state index contributed by atoms with van der Waals surface area (Å²) in [6.45, 7) is 3.86. The highest BCUT2D eigenvalue weighted by atomic mass is 16.6. The molecule has 2 aliphatic carbocycles. The normalized spacial score (nSPS) is 38.3. The minimum absolute atomic E-state index is 0.0153. The molecule has 116 valence electrons. The summed E-state index contributed by atoms with van der Waals surface area (Å²) < 4.78 is 5.86. The molecule has 4 nitrogen and oxygen atoms in total. The molecular formula is C16H28O4. The fourth-order valence-electron chi connectivity index (χ4n) is 4.00. The molecule has 4 heteroatoms. The fourth-order valence-corrected chi connectivity index (χ4v) is 4.00. The third-order valence-corrected chi connectivity index (χ3v) is 5.13. The summed E-state index contributed by atoms with van der Waals surface area (Å²) in [6.07, 6.45) is 6.26. The number of fused-ring (bicyclic) bond motifs is 2. The van der Waals surface area contributed by atoms with Crippen LogP contribution in [0.2, 0.25) is 0 Å². The van der Waals surface area contributed by atoms with Gasteiger partial charge in [-0.05, 0) is 44.4 Å². The molecule has 0 aliphatic heterocycles. The number of ether oxygens (including phenoxy) is 1. The Labute approximate surface area is 121 Å². The van der Waals surface area contributed by atoms with Gasteiger partial charge in [0, 0.05) is 13.0 Å². The maximum atomic E-state index is 12.2. The number of esters is 1. The second-order valence-corrected chi connectivity index (χ2v) is 6.95. The molecule has 0 aromatic rings. The van der Waals surface area contributed by atoms with Gasteiger partial charge in [0.15, 0.2) is 0 Å². The van der Waals surface area contributed by atoms with E-state index in [2.05, 4.69) is 0 Å². The van der Waals surface area contributed by atoms with E-state index >= 15 is 0 Å². The quantitative estimate of drug-likeness (QED) is 0.761. The summed E-state index contributed by atoms with van der Waals surface area (Å²) in [5.41, 5.74) is -1.36. The smallest absolute Gasteiger partial charge is 0.309 e. The van der Waals surface area contributed by atoms with Crippen molar-refractivity contribution < 1.29 is 19.7 Å². The number of hydrogen-bond acceptors (Lipinski definition) is 4. The Kier molecular flexibility index (Phi) is 4.75. The molecule has 2 saturated carbocycles. The average Bonchev–Trinajstić information content (AvgIpc) is 2.36. The van der Waals surface area contributed by atoms with Crippen LogP contribution in [0.15, 0.2) is 0 Å². The lowest BCUT2D eigenvalue weighted by atomic mass is 9.62. The standard InChI is InChI=1S/C16H28O4/c1-3-12(2)14(18)20-16-6-4-5-13(10-16)9-15(19,11-16)7-8-17/h12-13,17,19H,3-11H2,1-2H3. The van der Waals surface area contributed by atoms with Gasteiger partial charge in [-0.2, -0.15) is 0 Å². The van der Waals surface area contributed by atoms with E-state index in [9.17, 15) is 15.0 Å². The zero-order valence-corrected chi connectivity index (χ0v) is 12.7. The largest absolute Gasteiger partial charge is 0.459 e. The molecule has 4 unspecified atom stereocenters. The van der Waals surface area contributed by atoms with E-state index in [4.69, 9.17) is 4.74 Å². The van der Waals surface area contributed by atoms with Gasteiger partial charge in [0.05, 0.1) is 11.5 Å². The summed E-state index contributed by atoms with van der Waals surface area (Å²) in [5, 5.41) is 19.9. The average molecular weight is 284 g/mol. The van der Waals surface area contributed by atoms with Crippen molar-refractivity contribution >= 4 is 5.97 Å². The minimum Gasteiger partial charge on any atom is -0.459 e. The first-order chi connectivity index (χ1) is 9.42. The molecule has 2 fully saturated rings. The molecule has 20 heavy (non-hydrogen) atoms. The van der Waals surface area contributed by atoms with Gasteiger partial charge < -0.3 is 14.9 Å². The molecule has 0 saturated heterocycles. The summed E-state index contributed by atoms with van der Waals surface area (Å²) in [4.78, 5) is 12.2. The highest BCUT2D eigenvalue weighted by molar-refractivity contribution is 5.72. The molecule has 0 amide bonds. The lowest BCUT2D eigenvalue weighted by molar-refractivity contribution is -0.193. The summed E-state index contributed by atoms with van der Waals surface area (Å²) >= 11 is 0. The zero-order valence-electron chi connectivity index (χ0n) is 12.7. The molecule has 2 bridgehead atoms. The second-order valence-electron chi connectivity index (χ2n) is 6.95. The van der Waals surface area contributed by atoms with Crippen LogP contribution in [0.25, 0.3) is 0 Å². The van der Waals surface area contributed by atoms with E-state index in [-0.39, 0.29) is 18.5 Å². The summed E-state index contributed by atoms with van der Waals surface area (Å²) in [5.74, 6) is 0.192.